The molecular formula is C4H11Cl2NSi. The van der Waals surface area contributed by atoms with E-state index in [1.807, 2.05) is 26.0 Å². The molecular weight excluding hydrogens is 161 g/mol. The molecule has 0 radical (unpaired) electrons. The van der Waals surface area contributed by atoms with Crippen molar-refractivity contribution in [1.82, 2.24) is 4.90 Å². The molecule has 0 aliphatic carbocycles. The van der Waals surface area contributed by atoms with Crippen molar-refractivity contribution >= 4 is 35.4 Å². The lowest BCUT2D eigenvalue weighted by Gasteiger charge is -1.90. The summed E-state index contributed by atoms with van der Waals surface area (Å²) in [6.07, 6.45) is 3.27. The Morgan fingerprint density at radius 2 is 1.25 bits per heavy atom. The minimum Gasteiger partial charge on any atom is -0.312 e. The van der Waals surface area contributed by atoms with Crippen LogP contribution in [0.5, 0.6) is 0 Å². The van der Waals surface area contributed by atoms with E-state index < -0.39 is 7.03 Å². The summed E-state index contributed by atoms with van der Waals surface area (Å²) >= 11 is 10.1. The molecule has 0 heterocycles. The van der Waals surface area contributed by atoms with E-state index in [0.717, 1.165) is 0 Å². The van der Waals surface area contributed by atoms with Crippen LogP contribution in [0.15, 0.2) is 0 Å². The van der Waals surface area contributed by atoms with Crippen LogP contribution in [0.1, 0.15) is 0 Å². The molecule has 0 aliphatic rings. The van der Waals surface area contributed by atoms with Gasteiger partial charge in [-0.05, 0) is 21.1 Å². The van der Waals surface area contributed by atoms with E-state index in [9.17, 15) is 0 Å². The van der Waals surface area contributed by atoms with Gasteiger partial charge in [0.05, 0.1) is 0 Å². The Hall–Kier alpha value is 0.627. The van der Waals surface area contributed by atoms with Crippen LogP contribution in [0.3, 0.4) is 0 Å². The fourth-order valence-electron chi connectivity index (χ4n) is 0. The summed E-state index contributed by atoms with van der Waals surface area (Å²) in [5.74, 6) is 0. The molecule has 0 unspecified atom stereocenters. The van der Waals surface area contributed by atoms with Crippen LogP contribution in [0.25, 0.3) is 0 Å². The normalized spacial score (nSPS) is 7.75. The zero-order valence-electron chi connectivity index (χ0n) is 5.41. The van der Waals surface area contributed by atoms with E-state index in [1.165, 1.54) is 0 Å². The van der Waals surface area contributed by atoms with E-state index in [4.69, 9.17) is 22.2 Å². The average Bonchev–Trinajstić information content (AvgIpc) is 1.25. The first-order valence-corrected chi connectivity index (χ1v) is 5.80. The molecule has 0 saturated carbocycles. The molecule has 8 heavy (non-hydrogen) atoms. The average molecular weight is 172 g/mol. The molecule has 0 saturated heterocycles. The Morgan fingerprint density at radius 1 is 1.25 bits per heavy atom. The van der Waals surface area contributed by atoms with Gasteiger partial charge in [-0.3, -0.25) is 0 Å². The minimum atomic E-state index is -1.19. The van der Waals surface area contributed by atoms with Gasteiger partial charge in [-0.1, -0.05) is 6.17 Å². The number of hydrogen-bond donors (Lipinski definition) is 0. The van der Waals surface area contributed by atoms with Crippen molar-refractivity contribution in [1.29, 1.82) is 0 Å². The van der Waals surface area contributed by atoms with Crippen LogP contribution in [0, 0.1) is 0 Å². The second-order valence-electron chi connectivity index (χ2n) is 1.68. The third-order valence-electron chi connectivity index (χ3n) is 0. The quantitative estimate of drug-likeness (QED) is 0.391. The van der Waals surface area contributed by atoms with Gasteiger partial charge in [-0.2, -0.15) is 0 Å². The molecule has 1 nitrogen and oxygen atoms in total. The van der Waals surface area contributed by atoms with E-state index in [1.54, 1.807) is 0 Å². The fraction of sp³-hybridized carbons (Fsp3) is 0.750. The molecule has 0 atom stereocenters. The summed E-state index contributed by atoms with van der Waals surface area (Å²) < 4.78 is 0. The van der Waals surface area contributed by atoms with Crippen molar-refractivity contribution in [2.75, 3.05) is 21.1 Å². The lowest BCUT2D eigenvalue weighted by molar-refractivity contribution is 0.505. The number of halogens is 2. The second kappa shape index (κ2) is 7.63. The number of hydrogen-bond acceptors (Lipinski definition) is 1. The van der Waals surface area contributed by atoms with Crippen molar-refractivity contribution in [2.45, 2.75) is 0 Å². The van der Waals surface area contributed by atoms with E-state index >= 15 is 0 Å². The Labute approximate surface area is 61.8 Å². The minimum absolute atomic E-state index is 1.19. The van der Waals surface area contributed by atoms with Gasteiger partial charge in [0.25, 0.3) is 0 Å². The Balaban J connectivity index is 0. The van der Waals surface area contributed by atoms with Gasteiger partial charge in [0, 0.05) is 0 Å². The number of nitrogens with zero attached hydrogens (tertiary/aromatic N) is 1. The highest BCUT2D eigenvalue weighted by molar-refractivity contribution is 7.33. The predicted molar refractivity (Wildman–Crippen MR) is 44.2 cm³/mol. The molecule has 0 bridgehead atoms. The first-order chi connectivity index (χ1) is 3.46. The molecule has 0 aliphatic heterocycles. The third kappa shape index (κ3) is 534. The lowest BCUT2D eigenvalue weighted by atomic mass is 11.0. The maximum atomic E-state index is 5.03. The van der Waals surface area contributed by atoms with Crippen LogP contribution in [-0.4, -0.2) is 39.2 Å². The topological polar surface area (TPSA) is 3.24 Å². The summed E-state index contributed by atoms with van der Waals surface area (Å²) in [4.78, 5) is 2.00. The van der Waals surface area contributed by atoms with Gasteiger partial charge in [-0.15, -0.1) is 22.2 Å². The van der Waals surface area contributed by atoms with E-state index in [-0.39, 0.29) is 0 Å². The van der Waals surface area contributed by atoms with Crippen molar-refractivity contribution in [3.63, 3.8) is 0 Å². The highest BCUT2D eigenvalue weighted by atomic mass is 35.7. The fourth-order valence-corrected chi connectivity index (χ4v) is 0. The maximum Gasteiger partial charge on any atom is 0.225 e. The van der Waals surface area contributed by atoms with Crippen molar-refractivity contribution < 1.29 is 0 Å². The highest BCUT2D eigenvalue weighted by Crippen LogP contribution is 1.75. The molecule has 0 rings (SSSR count). The van der Waals surface area contributed by atoms with Crippen molar-refractivity contribution in [3.8, 4) is 0 Å². The molecule has 50 valence electrons. The van der Waals surface area contributed by atoms with Gasteiger partial charge < -0.3 is 4.90 Å². The smallest absolute Gasteiger partial charge is 0.225 e. The Bertz CT molecular complexity index is 58.3. The first-order valence-electron chi connectivity index (χ1n) is 2.07. The van der Waals surface area contributed by atoms with Crippen LogP contribution in [0.2, 0.25) is 0 Å². The van der Waals surface area contributed by atoms with Gasteiger partial charge in [0.2, 0.25) is 7.03 Å². The third-order valence-corrected chi connectivity index (χ3v) is 0. The summed E-state index contributed by atoms with van der Waals surface area (Å²) in [5.41, 5.74) is 0. The van der Waals surface area contributed by atoms with Crippen LogP contribution in [-0.2, 0) is 0 Å². The SMILES string of the molecule is C=[Si](Cl)Cl.CN(C)C. The Morgan fingerprint density at radius 3 is 1.25 bits per heavy atom. The zero-order valence-corrected chi connectivity index (χ0v) is 7.92. The van der Waals surface area contributed by atoms with Crippen LogP contribution >= 0.6 is 22.2 Å². The Kier molecular flexibility index (Phi) is 10.9. The maximum absolute atomic E-state index is 5.03. The summed E-state index contributed by atoms with van der Waals surface area (Å²) in [6, 6.07) is 0. The van der Waals surface area contributed by atoms with Crippen molar-refractivity contribution in [3.05, 3.63) is 0 Å². The van der Waals surface area contributed by atoms with E-state index in [2.05, 4.69) is 6.17 Å². The largest absolute Gasteiger partial charge is 0.312 e. The van der Waals surface area contributed by atoms with Gasteiger partial charge in [0.15, 0.2) is 0 Å². The highest BCUT2D eigenvalue weighted by Gasteiger charge is 1.65. The number of rotatable bonds is 0. The monoisotopic (exact) mass is 171 g/mol. The molecule has 0 aromatic carbocycles. The molecule has 4 heteroatoms. The molecule has 0 aromatic heterocycles. The van der Waals surface area contributed by atoms with Gasteiger partial charge in [-0.25, -0.2) is 0 Å². The predicted octanol–water partition coefficient (Wildman–Crippen LogP) is 1.14. The van der Waals surface area contributed by atoms with Gasteiger partial charge >= 0.3 is 0 Å². The molecule has 0 aromatic rings. The second-order valence-corrected chi connectivity index (χ2v) is 5.68. The molecule has 0 spiro atoms. The van der Waals surface area contributed by atoms with Crippen molar-refractivity contribution in [2.24, 2.45) is 0 Å². The summed E-state index contributed by atoms with van der Waals surface area (Å²) in [5, 5.41) is 0. The summed E-state index contributed by atoms with van der Waals surface area (Å²) in [6.45, 7) is 0. The molecule has 0 N–H and O–H groups in total. The summed E-state index contributed by atoms with van der Waals surface area (Å²) in [7, 11) is 4.81. The zero-order chi connectivity index (χ0) is 7.15. The standard InChI is InChI=1S/C3H9N.CH2Cl2Si/c2*1-4(2)3/h1-3H3;1H2. The van der Waals surface area contributed by atoms with Crippen LogP contribution < -0.4 is 0 Å². The first kappa shape index (κ1) is 11.4. The molecule has 0 fully saturated rings. The van der Waals surface area contributed by atoms with E-state index in [0.29, 0.717) is 0 Å². The van der Waals surface area contributed by atoms with Crippen LogP contribution in [0.4, 0.5) is 0 Å². The molecule has 0 amide bonds. The van der Waals surface area contributed by atoms with Gasteiger partial charge in [0.1, 0.15) is 0 Å². The lowest BCUT2D eigenvalue weighted by Crippen LogP contribution is -1.99.